The molecule has 2 aliphatic rings. The Kier molecular flexibility index (Phi) is 3.85. The number of piperidine rings is 1. The summed E-state index contributed by atoms with van der Waals surface area (Å²) in [6, 6.07) is 7.96. The van der Waals surface area contributed by atoms with Gasteiger partial charge in [0.1, 0.15) is 17.2 Å². The highest BCUT2D eigenvalue weighted by molar-refractivity contribution is 5.72. The molecule has 1 unspecified atom stereocenters. The van der Waals surface area contributed by atoms with Crippen LogP contribution in [0, 0.1) is 0 Å². The third kappa shape index (κ3) is 3.30. The van der Waals surface area contributed by atoms with Crippen molar-refractivity contribution in [3.63, 3.8) is 0 Å². The second kappa shape index (κ2) is 5.93. The van der Waals surface area contributed by atoms with Crippen LogP contribution in [-0.4, -0.2) is 39.8 Å². The third-order valence-electron chi connectivity index (χ3n) is 4.84. The van der Waals surface area contributed by atoms with Crippen molar-refractivity contribution in [3.05, 3.63) is 24.3 Å². The number of aromatic nitrogens is 1. The SMILES string of the molecule is CC(C)(C)OC(=O)N1[C@@H]2CC[C@H]1CC(Oc1nc3ccccc3o1)C2. The van der Waals surface area contributed by atoms with E-state index in [0.29, 0.717) is 6.08 Å². The Morgan fingerprint density at radius 3 is 2.52 bits per heavy atom. The van der Waals surface area contributed by atoms with Crippen LogP contribution in [0.4, 0.5) is 4.79 Å². The highest BCUT2D eigenvalue weighted by Gasteiger charge is 2.45. The number of carbonyl (C=O) groups excluding carboxylic acids is 1. The quantitative estimate of drug-likeness (QED) is 0.819. The molecule has 0 radical (unpaired) electrons. The fourth-order valence-corrected chi connectivity index (χ4v) is 3.88. The molecule has 25 heavy (non-hydrogen) atoms. The topological polar surface area (TPSA) is 64.8 Å². The highest BCUT2D eigenvalue weighted by Crippen LogP contribution is 2.38. The van der Waals surface area contributed by atoms with Crippen LogP contribution in [0.3, 0.4) is 0 Å². The number of ether oxygens (including phenoxy) is 2. The molecule has 0 saturated carbocycles. The zero-order chi connectivity index (χ0) is 17.6. The smallest absolute Gasteiger partial charge is 0.410 e. The van der Waals surface area contributed by atoms with Crippen LogP contribution >= 0.6 is 0 Å². The number of rotatable bonds is 2. The molecule has 1 amide bonds. The summed E-state index contributed by atoms with van der Waals surface area (Å²) >= 11 is 0. The maximum atomic E-state index is 12.5. The van der Waals surface area contributed by atoms with Crippen molar-refractivity contribution in [2.24, 2.45) is 0 Å². The molecule has 0 N–H and O–H groups in total. The fourth-order valence-electron chi connectivity index (χ4n) is 3.88. The van der Waals surface area contributed by atoms with E-state index < -0.39 is 5.60 Å². The summed E-state index contributed by atoms with van der Waals surface area (Å²) in [4.78, 5) is 18.8. The summed E-state index contributed by atoms with van der Waals surface area (Å²) < 4.78 is 17.2. The summed E-state index contributed by atoms with van der Waals surface area (Å²) in [6.45, 7) is 5.70. The number of para-hydroxylation sites is 2. The largest absolute Gasteiger partial charge is 0.447 e. The van der Waals surface area contributed by atoms with Gasteiger partial charge in [-0.2, -0.15) is 4.98 Å². The standard InChI is InChI=1S/C19H24N2O4/c1-19(2,3)25-18(22)21-12-8-9-13(21)11-14(10-12)23-17-20-15-6-4-5-7-16(15)24-17/h4-7,12-14H,8-11H2,1-3H3/t12-,13+,14?. The predicted octanol–water partition coefficient (Wildman–Crippen LogP) is 4.14. The van der Waals surface area contributed by atoms with Crippen LogP contribution in [0.5, 0.6) is 6.08 Å². The molecule has 2 fully saturated rings. The van der Waals surface area contributed by atoms with E-state index in [1.165, 1.54) is 0 Å². The van der Waals surface area contributed by atoms with E-state index in [1.807, 2.05) is 49.9 Å². The second-order valence-electron chi connectivity index (χ2n) is 7.93. The van der Waals surface area contributed by atoms with Crippen molar-refractivity contribution in [1.82, 2.24) is 9.88 Å². The summed E-state index contributed by atoms with van der Waals surface area (Å²) in [6.07, 6.45) is 3.69. The van der Waals surface area contributed by atoms with E-state index in [2.05, 4.69) is 4.98 Å². The van der Waals surface area contributed by atoms with Gasteiger partial charge in [0.25, 0.3) is 0 Å². The molecular weight excluding hydrogens is 320 g/mol. The van der Waals surface area contributed by atoms with E-state index in [1.54, 1.807) is 0 Å². The number of benzene rings is 1. The molecule has 1 aromatic heterocycles. The Bertz CT molecular complexity index is 732. The van der Waals surface area contributed by atoms with Gasteiger partial charge in [0.05, 0.1) is 0 Å². The summed E-state index contributed by atoms with van der Waals surface area (Å²) in [7, 11) is 0. The van der Waals surface area contributed by atoms with E-state index >= 15 is 0 Å². The molecular formula is C19H24N2O4. The lowest BCUT2D eigenvalue weighted by Gasteiger charge is -2.38. The van der Waals surface area contributed by atoms with Crippen LogP contribution < -0.4 is 4.74 Å². The monoisotopic (exact) mass is 344 g/mol. The average Bonchev–Trinajstić information content (AvgIpc) is 3.04. The molecule has 0 spiro atoms. The second-order valence-corrected chi connectivity index (χ2v) is 7.93. The van der Waals surface area contributed by atoms with Gasteiger partial charge in [0, 0.05) is 24.9 Å². The summed E-state index contributed by atoms with van der Waals surface area (Å²) in [5, 5.41) is 0. The minimum Gasteiger partial charge on any atom is -0.447 e. The van der Waals surface area contributed by atoms with Crippen molar-refractivity contribution in [2.45, 2.75) is 70.2 Å². The molecule has 1 aromatic carbocycles. The molecule has 2 bridgehead atoms. The Balaban J connectivity index is 1.43. The fraction of sp³-hybridized carbons (Fsp3) is 0.579. The third-order valence-corrected chi connectivity index (χ3v) is 4.84. The Labute approximate surface area is 147 Å². The van der Waals surface area contributed by atoms with Crippen molar-refractivity contribution >= 4 is 17.2 Å². The highest BCUT2D eigenvalue weighted by atomic mass is 16.6. The minimum absolute atomic E-state index is 0.0178. The van der Waals surface area contributed by atoms with Crippen molar-refractivity contribution in [1.29, 1.82) is 0 Å². The van der Waals surface area contributed by atoms with E-state index in [4.69, 9.17) is 13.9 Å². The zero-order valence-electron chi connectivity index (χ0n) is 14.9. The number of carbonyl (C=O) groups is 1. The molecule has 6 nitrogen and oxygen atoms in total. The Hall–Kier alpha value is -2.24. The van der Waals surface area contributed by atoms with Crippen LogP contribution in [0.2, 0.25) is 0 Å². The molecule has 2 aromatic rings. The maximum absolute atomic E-state index is 12.5. The molecule has 2 saturated heterocycles. The van der Waals surface area contributed by atoms with Crippen LogP contribution in [0.15, 0.2) is 28.7 Å². The van der Waals surface area contributed by atoms with Gasteiger partial charge < -0.3 is 18.8 Å². The molecule has 2 aliphatic heterocycles. The van der Waals surface area contributed by atoms with Gasteiger partial charge in [-0.1, -0.05) is 12.1 Å². The first-order valence-corrected chi connectivity index (χ1v) is 8.92. The first kappa shape index (κ1) is 16.2. The molecule has 3 atom stereocenters. The van der Waals surface area contributed by atoms with Crippen molar-refractivity contribution in [2.75, 3.05) is 0 Å². The van der Waals surface area contributed by atoms with Crippen LogP contribution in [-0.2, 0) is 4.74 Å². The van der Waals surface area contributed by atoms with Crippen LogP contribution in [0.1, 0.15) is 46.5 Å². The number of amides is 1. The van der Waals surface area contributed by atoms with Gasteiger partial charge in [-0.05, 0) is 45.7 Å². The van der Waals surface area contributed by atoms with Gasteiger partial charge in [-0.3, -0.25) is 0 Å². The maximum Gasteiger partial charge on any atom is 0.410 e. The zero-order valence-corrected chi connectivity index (χ0v) is 14.9. The Morgan fingerprint density at radius 1 is 1.20 bits per heavy atom. The number of hydrogen-bond donors (Lipinski definition) is 0. The molecule has 6 heteroatoms. The lowest BCUT2D eigenvalue weighted by molar-refractivity contribution is -0.0105. The molecule has 3 heterocycles. The molecule has 134 valence electrons. The summed E-state index contributed by atoms with van der Waals surface area (Å²) in [5.74, 6) is 0. The van der Waals surface area contributed by atoms with Gasteiger partial charge in [0.2, 0.25) is 0 Å². The number of oxazole rings is 1. The van der Waals surface area contributed by atoms with Gasteiger partial charge in [-0.25, -0.2) is 4.79 Å². The van der Waals surface area contributed by atoms with Gasteiger partial charge >= 0.3 is 12.2 Å². The molecule has 0 aliphatic carbocycles. The first-order chi connectivity index (χ1) is 11.9. The van der Waals surface area contributed by atoms with E-state index in [0.717, 1.165) is 36.8 Å². The first-order valence-electron chi connectivity index (χ1n) is 8.92. The Morgan fingerprint density at radius 2 is 1.88 bits per heavy atom. The van der Waals surface area contributed by atoms with Crippen molar-refractivity contribution < 1.29 is 18.7 Å². The lowest BCUT2D eigenvalue weighted by Crippen LogP contribution is -2.50. The summed E-state index contributed by atoms with van der Waals surface area (Å²) in [5.41, 5.74) is 1.06. The lowest BCUT2D eigenvalue weighted by atomic mass is 10.0. The van der Waals surface area contributed by atoms with Crippen molar-refractivity contribution in [3.8, 4) is 6.08 Å². The van der Waals surface area contributed by atoms with Crippen LogP contribution in [0.25, 0.3) is 11.1 Å². The normalized spacial score (nSPS) is 26.0. The number of fused-ring (bicyclic) bond motifs is 3. The number of nitrogens with zero attached hydrogens (tertiary/aromatic N) is 2. The van der Waals surface area contributed by atoms with E-state index in [-0.39, 0.29) is 24.3 Å². The predicted molar refractivity (Wildman–Crippen MR) is 92.5 cm³/mol. The average molecular weight is 344 g/mol. The van der Waals surface area contributed by atoms with Gasteiger partial charge in [-0.15, -0.1) is 0 Å². The minimum atomic E-state index is -0.470. The molecule has 4 rings (SSSR count). The number of hydrogen-bond acceptors (Lipinski definition) is 5. The van der Waals surface area contributed by atoms with E-state index in [9.17, 15) is 4.79 Å². The van der Waals surface area contributed by atoms with Gasteiger partial charge in [0.15, 0.2) is 5.58 Å².